The summed E-state index contributed by atoms with van der Waals surface area (Å²) in [6.07, 6.45) is 0. The largest absolute Gasteiger partial charge is 0.346 e. The molecule has 1 aromatic heterocycles. The van der Waals surface area contributed by atoms with Crippen molar-refractivity contribution in [3.8, 4) is 0 Å². The fraction of sp³-hybridized carbons (Fsp3) is 0.100. The number of rotatable bonds is 5. The molecule has 0 saturated heterocycles. The van der Waals surface area contributed by atoms with Gasteiger partial charge >= 0.3 is 0 Å². The minimum absolute atomic E-state index is 0.189. The summed E-state index contributed by atoms with van der Waals surface area (Å²) in [5.74, 6) is -0.408. The average Bonchev–Trinajstić information content (AvgIpc) is 3.16. The first kappa shape index (κ1) is 18.2. The highest BCUT2D eigenvalue weighted by atomic mass is 35.5. The average molecular weight is 385 g/mol. The van der Waals surface area contributed by atoms with Gasteiger partial charge in [0, 0.05) is 16.3 Å². The third-order valence-corrected chi connectivity index (χ3v) is 4.93. The highest BCUT2D eigenvalue weighted by molar-refractivity contribution is 7.12. The number of carbonyl (C=O) groups excluding carboxylic acids is 2. The molecule has 0 saturated carbocycles. The van der Waals surface area contributed by atoms with Crippen LogP contribution in [0.3, 0.4) is 0 Å². The molecule has 2 amide bonds. The van der Waals surface area contributed by atoms with E-state index in [0.717, 1.165) is 5.56 Å². The van der Waals surface area contributed by atoms with Gasteiger partial charge in [0.2, 0.25) is 0 Å². The molecule has 1 atom stereocenters. The van der Waals surface area contributed by atoms with Crippen LogP contribution >= 0.6 is 22.9 Å². The fourth-order valence-corrected chi connectivity index (χ4v) is 3.30. The van der Waals surface area contributed by atoms with E-state index in [2.05, 4.69) is 10.6 Å². The van der Waals surface area contributed by atoms with Gasteiger partial charge in [-0.15, -0.1) is 11.3 Å². The van der Waals surface area contributed by atoms with Crippen molar-refractivity contribution < 1.29 is 9.59 Å². The first-order valence-electron chi connectivity index (χ1n) is 8.04. The summed E-state index contributed by atoms with van der Waals surface area (Å²) in [5.41, 5.74) is 1.97. The molecule has 0 spiro atoms. The molecule has 0 radical (unpaired) electrons. The van der Waals surface area contributed by atoms with Crippen molar-refractivity contribution in [1.29, 1.82) is 0 Å². The third-order valence-electron chi connectivity index (χ3n) is 3.82. The zero-order chi connectivity index (χ0) is 18.5. The number of nitrogens with one attached hydrogen (secondary N) is 2. The highest BCUT2D eigenvalue weighted by Gasteiger charge is 2.13. The summed E-state index contributed by atoms with van der Waals surface area (Å²) in [5, 5.41) is 8.22. The van der Waals surface area contributed by atoms with Crippen LogP contribution in [0.5, 0.6) is 0 Å². The van der Waals surface area contributed by atoms with Crippen LogP contribution in [0.1, 0.15) is 38.6 Å². The minimum atomic E-state index is -0.218. The van der Waals surface area contributed by atoms with Crippen LogP contribution in [0.2, 0.25) is 5.02 Å². The molecule has 1 heterocycles. The minimum Gasteiger partial charge on any atom is -0.346 e. The van der Waals surface area contributed by atoms with E-state index in [4.69, 9.17) is 11.6 Å². The van der Waals surface area contributed by atoms with Gasteiger partial charge < -0.3 is 10.6 Å². The molecule has 6 heteroatoms. The molecule has 0 aliphatic carbocycles. The van der Waals surface area contributed by atoms with E-state index in [9.17, 15) is 9.59 Å². The predicted molar refractivity (Wildman–Crippen MR) is 106 cm³/mol. The van der Waals surface area contributed by atoms with Crippen LogP contribution in [-0.4, -0.2) is 11.8 Å². The van der Waals surface area contributed by atoms with E-state index in [1.54, 1.807) is 36.4 Å². The molecule has 0 bridgehead atoms. The van der Waals surface area contributed by atoms with Crippen molar-refractivity contribution in [1.82, 2.24) is 5.32 Å². The van der Waals surface area contributed by atoms with Crippen LogP contribution in [0.4, 0.5) is 5.69 Å². The zero-order valence-corrected chi connectivity index (χ0v) is 15.6. The number of hydrogen-bond donors (Lipinski definition) is 2. The summed E-state index contributed by atoms with van der Waals surface area (Å²) >= 11 is 7.37. The van der Waals surface area contributed by atoms with Crippen LogP contribution in [-0.2, 0) is 0 Å². The van der Waals surface area contributed by atoms with Crippen LogP contribution in [0.25, 0.3) is 0 Å². The van der Waals surface area contributed by atoms with E-state index < -0.39 is 0 Å². The second kappa shape index (κ2) is 8.17. The van der Waals surface area contributed by atoms with Gasteiger partial charge in [-0.3, -0.25) is 9.59 Å². The third kappa shape index (κ3) is 4.50. The molecule has 132 valence electrons. The maximum absolute atomic E-state index is 12.5. The molecule has 0 aliphatic rings. The molecule has 0 aliphatic heterocycles. The van der Waals surface area contributed by atoms with Crippen LogP contribution < -0.4 is 10.6 Å². The Morgan fingerprint density at radius 1 is 1.00 bits per heavy atom. The lowest BCUT2D eigenvalue weighted by molar-refractivity contribution is 0.0938. The maximum Gasteiger partial charge on any atom is 0.265 e. The Hall–Kier alpha value is -2.63. The van der Waals surface area contributed by atoms with Crippen molar-refractivity contribution in [2.75, 3.05) is 5.32 Å². The smallest absolute Gasteiger partial charge is 0.265 e. The van der Waals surface area contributed by atoms with Crippen LogP contribution in [0, 0.1) is 0 Å². The van der Waals surface area contributed by atoms with E-state index >= 15 is 0 Å². The number of amides is 2. The molecule has 3 aromatic rings. The molecular weight excluding hydrogens is 368 g/mol. The zero-order valence-electron chi connectivity index (χ0n) is 14.0. The van der Waals surface area contributed by atoms with Crippen molar-refractivity contribution >= 4 is 40.4 Å². The normalized spacial score (nSPS) is 11.6. The summed E-state index contributed by atoms with van der Waals surface area (Å²) in [6, 6.07) is 17.6. The first-order valence-corrected chi connectivity index (χ1v) is 9.30. The predicted octanol–water partition coefficient (Wildman–Crippen LogP) is 5.14. The molecule has 0 fully saturated rings. The Bertz CT molecular complexity index is 925. The number of carbonyl (C=O) groups is 2. The standard InChI is InChI=1S/C20H17ClN2O2S/c1-13(14-5-2-7-16(21)11-14)22-19(24)15-6-3-8-17(12-15)23-20(25)18-9-4-10-26-18/h2-13H,1H3,(H,22,24)(H,23,25)/t13-/m1/s1. The lowest BCUT2D eigenvalue weighted by Gasteiger charge is -2.15. The molecule has 0 unspecified atom stereocenters. The SMILES string of the molecule is C[C@@H](NC(=O)c1cccc(NC(=O)c2cccs2)c1)c1cccc(Cl)c1. The van der Waals surface area contributed by atoms with E-state index in [1.165, 1.54) is 11.3 Å². The number of benzene rings is 2. The topological polar surface area (TPSA) is 58.2 Å². The van der Waals surface area contributed by atoms with Gasteiger partial charge in [-0.25, -0.2) is 0 Å². The summed E-state index contributed by atoms with van der Waals surface area (Å²) < 4.78 is 0. The Balaban J connectivity index is 1.69. The van der Waals surface area contributed by atoms with E-state index in [0.29, 0.717) is 21.2 Å². The summed E-state index contributed by atoms with van der Waals surface area (Å²) in [4.78, 5) is 25.3. The Labute approximate surface area is 160 Å². The quantitative estimate of drug-likeness (QED) is 0.639. The number of thiophene rings is 1. The fourth-order valence-electron chi connectivity index (χ4n) is 2.48. The Morgan fingerprint density at radius 3 is 2.54 bits per heavy atom. The van der Waals surface area contributed by atoms with Gasteiger partial charge in [0.15, 0.2) is 0 Å². The summed E-state index contributed by atoms with van der Waals surface area (Å²) in [7, 11) is 0. The lowest BCUT2D eigenvalue weighted by Crippen LogP contribution is -2.26. The van der Waals surface area contributed by atoms with Crippen molar-refractivity contribution in [3.63, 3.8) is 0 Å². The first-order chi connectivity index (χ1) is 12.5. The molecular formula is C20H17ClN2O2S. The van der Waals surface area contributed by atoms with Gasteiger partial charge in [-0.1, -0.05) is 35.9 Å². The Morgan fingerprint density at radius 2 is 1.81 bits per heavy atom. The van der Waals surface area contributed by atoms with Crippen molar-refractivity contribution in [2.24, 2.45) is 0 Å². The van der Waals surface area contributed by atoms with E-state index in [1.807, 2.05) is 36.6 Å². The second-order valence-electron chi connectivity index (χ2n) is 5.76. The summed E-state index contributed by atoms with van der Waals surface area (Å²) in [6.45, 7) is 1.89. The van der Waals surface area contributed by atoms with Gasteiger partial charge in [0.25, 0.3) is 11.8 Å². The maximum atomic E-state index is 12.5. The number of halogens is 1. The molecule has 26 heavy (non-hydrogen) atoms. The molecule has 2 aromatic carbocycles. The van der Waals surface area contributed by atoms with Crippen molar-refractivity contribution in [3.05, 3.63) is 87.1 Å². The molecule has 3 rings (SSSR count). The second-order valence-corrected chi connectivity index (χ2v) is 7.15. The van der Waals surface area contributed by atoms with Gasteiger partial charge in [-0.05, 0) is 54.3 Å². The van der Waals surface area contributed by atoms with Gasteiger partial charge in [-0.2, -0.15) is 0 Å². The van der Waals surface area contributed by atoms with Crippen molar-refractivity contribution in [2.45, 2.75) is 13.0 Å². The van der Waals surface area contributed by atoms with Gasteiger partial charge in [0.1, 0.15) is 0 Å². The van der Waals surface area contributed by atoms with E-state index in [-0.39, 0.29) is 17.9 Å². The lowest BCUT2D eigenvalue weighted by atomic mass is 10.1. The molecule has 4 nitrogen and oxygen atoms in total. The number of hydrogen-bond acceptors (Lipinski definition) is 3. The Kier molecular flexibility index (Phi) is 5.71. The molecule has 2 N–H and O–H groups in total. The number of anilines is 1. The van der Waals surface area contributed by atoms with Crippen LogP contribution in [0.15, 0.2) is 66.0 Å². The monoisotopic (exact) mass is 384 g/mol. The van der Waals surface area contributed by atoms with Gasteiger partial charge in [0.05, 0.1) is 10.9 Å². The highest BCUT2D eigenvalue weighted by Crippen LogP contribution is 2.19.